The van der Waals surface area contributed by atoms with Crippen molar-refractivity contribution < 1.29 is 49.0 Å². The molecule has 3 heteroatoms. The molecule has 0 N–H and O–H groups in total. The molecule has 3 aromatic rings. The third-order valence-corrected chi connectivity index (χ3v) is 6.75. The summed E-state index contributed by atoms with van der Waals surface area (Å²) in [6, 6.07) is 25.2. The number of halogens is 2. The molecule has 0 aromatic heterocycles. The molecular weight excluding hydrogens is 510 g/mol. The summed E-state index contributed by atoms with van der Waals surface area (Å²) in [6.45, 7) is 13.6. The van der Waals surface area contributed by atoms with Gasteiger partial charge in [0, 0.05) is 0 Å². The first-order chi connectivity index (χ1) is 14.1. The van der Waals surface area contributed by atoms with E-state index in [0.29, 0.717) is 0 Å². The van der Waals surface area contributed by atoms with Gasteiger partial charge in [0.15, 0.2) is 0 Å². The van der Waals surface area contributed by atoms with Crippen LogP contribution in [0.2, 0.25) is 0 Å². The van der Waals surface area contributed by atoms with Gasteiger partial charge in [0.2, 0.25) is 0 Å². The van der Waals surface area contributed by atoms with Crippen molar-refractivity contribution >= 4 is 3.21 Å². The summed E-state index contributed by atoms with van der Waals surface area (Å²) in [5.41, 5.74) is 8.70. The number of benzene rings is 2. The van der Waals surface area contributed by atoms with Crippen LogP contribution in [-0.4, -0.2) is 3.21 Å². The van der Waals surface area contributed by atoms with Crippen LogP contribution in [0.15, 0.2) is 60.7 Å². The Labute approximate surface area is 222 Å². The maximum absolute atomic E-state index is 3.67. The van der Waals surface area contributed by atoms with E-state index in [1.54, 1.807) is 27.4 Å². The molecule has 0 saturated heterocycles. The van der Waals surface area contributed by atoms with E-state index in [1.165, 1.54) is 46.2 Å². The van der Waals surface area contributed by atoms with Crippen molar-refractivity contribution in [1.29, 1.82) is 0 Å². The van der Waals surface area contributed by atoms with E-state index in [2.05, 4.69) is 77.9 Å². The fraction of sp³-hybridized carbons (Fsp3) is 0.379. The second kappa shape index (κ2) is 12.0. The number of rotatable bonds is 0. The zero-order valence-electron chi connectivity index (χ0n) is 20.2. The largest absolute Gasteiger partial charge is 0.214 e. The Balaban J connectivity index is 0.000000387. The van der Waals surface area contributed by atoms with Crippen LogP contribution >= 0.6 is 0 Å². The van der Waals surface area contributed by atoms with E-state index in [9.17, 15) is 0 Å². The predicted octanol–water partition coefficient (Wildman–Crippen LogP) is 1.57. The minimum atomic E-state index is 0. The summed E-state index contributed by atoms with van der Waals surface area (Å²) in [4.78, 5) is 0. The van der Waals surface area contributed by atoms with Crippen LogP contribution in [-0.2, 0) is 41.5 Å². The second-order valence-electron chi connectivity index (χ2n) is 10.4. The third kappa shape index (κ3) is 8.16. The zero-order valence-corrected chi connectivity index (χ0v) is 24.1. The first-order valence-corrected chi connectivity index (χ1v) is 12.2. The number of fused-ring (bicyclic) bond motifs is 3. The van der Waals surface area contributed by atoms with Gasteiger partial charge in [-0.3, -0.25) is 0 Å². The van der Waals surface area contributed by atoms with Gasteiger partial charge in [-0.05, 0) is 28.4 Å². The Morgan fingerprint density at radius 2 is 1.38 bits per heavy atom. The topological polar surface area (TPSA) is 0 Å². The quantitative estimate of drug-likeness (QED) is 0.295. The molecule has 2 aliphatic carbocycles. The Bertz CT molecular complexity index is 918. The molecule has 170 valence electrons. The molecule has 1 fully saturated rings. The van der Waals surface area contributed by atoms with Crippen LogP contribution < -0.4 is 24.8 Å². The van der Waals surface area contributed by atoms with E-state index < -0.39 is 0 Å². The molecule has 0 unspecified atom stereocenters. The molecule has 0 spiro atoms. The van der Waals surface area contributed by atoms with Gasteiger partial charge in [0.25, 0.3) is 0 Å². The molecule has 1 saturated carbocycles. The summed E-state index contributed by atoms with van der Waals surface area (Å²) in [5, 5.41) is 0. The Morgan fingerprint density at radius 3 is 1.81 bits per heavy atom. The zero-order chi connectivity index (χ0) is 21.9. The van der Waals surface area contributed by atoms with Gasteiger partial charge in [0.05, 0.1) is 0 Å². The summed E-state index contributed by atoms with van der Waals surface area (Å²) >= 11 is 1.66. The van der Waals surface area contributed by atoms with Crippen molar-refractivity contribution in [3.63, 3.8) is 0 Å². The molecule has 0 amide bonds. The summed E-state index contributed by atoms with van der Waals surface area (Å²) in [7, 11) is 0. The Kier molecular flexibility index (Phi) is 10.9. The monoisotopic (exact) mass is 542 g/mol. The molecule has 0 aliphatic heterocycles. The molecule has 5 rings (SSSR count). The standard InChI is InChI=1S/C21H25.C5H5.C3H4.2ClH.Zr/c1-20(2,3)16-7-9-18-14(12-16)11-15-13-17(21(4,5)6)8-10-19(15)18;1-2-4-5-3-1;1-2-3-1;;;/h7-10,12H,11H2,1-6H3;1-5H;1-2H2;2*1H;/q2*-1;;;;+2/p-2. The van der Waals surface area contributed by atoms with Crippen molar-refractivity contribution in [3.05, 3.63) is 89.0 Å². The van der Waals surface area contributed by atoms with Crippen LogP contribution in [0, 0.1) is 6.07 Å². The molecule has 0 atom stereocenters. The molecule has 0 nitrogen and oxygen atoms in total. The van der Waals surface area contributed by atoms with Gasteiger partial charge >= 0.3 is 40.3 Å². The fourth-order valence-electron chi connectivity index (χ4n) is 3.41. The predicted molar refractivity (Wildman–Crippen MR) is 127 cm³/mol. The molecule has 0 bridgehead atoms. The first kappa shape index (κ1) is 29.2. The average molecular weight is 545 g/mol. The normalized spacial score (nSPS) is 13.2. The van der Waals surface area contributed by atoms with E-state index in [0.717, 1.165) is 6.42 Å². The van der Waals surface area contributed by atoms with Gasteiger partial charge < -0.3 is 24.8 Å². The Morgan fingerprint density at radius 1 is 0.812 bits per heavy atom. The smallest absolute Gasteiger partial charge is 0.172 e. The van der Waals surface area contributed by atoms with Gasteiger partial charge in [-0.2, -0.15) is 42.0 Å². The van der Waals surface area contributed by atoms with Gasteiger partial charge in [0.1, 0.15) is 0 Å². The number of hydrogen-bond acceptors (Lipinski definition) is 0. The summed E-state index contributed by atoms with van der Waals surface area (Å²) in [5.74, 6) is 0. The molecule has 0 radical (unpaired) electrons. The van der Waals surface area contributed by atoms with Crippen LogP contribution in [0.3, 0.4) is 0 Å². The van der Waals surface area contributed by atoms with Crippen molar-refractivity contribution in [3.8, 4) is 11.1 Å². The van der Waals surface area contributed by atoms with Crippen LogP contribution in [0.4, 0.5) is 0 Å². The van der Waals surface area contributed by atoms with E-state index in [4.69, 9.17) is 0 Å². The van der Waals surface area contributed by atoms with Crippen molar-refractivity contribution in [2.75, 3.05) is 0 Å². The molecule has 3 aromatic carbocycles. The van der Waals surface area contributed by atoms with Crippen molar-refractivity contribution in [1.82, 2.24) is 0 Å². The van der Waals surface area contributed by atoms with E-state index in [1.807, 2.05) is 30.3 Å². The van der Waals surface area contributed by atoms with Crippen LogP contribution in [0.5, 0.6) is 0 Å². The minimum absolute atomic E-state index is 0. The first-order valence-electron chi connectivity index (χ1n) is 11.0. The summed E-state index contributed by atoms with van der Waals surface area (Å²) < 4.78 is 1.76. The fourth-order valence-corrected chi connectivity index (χ4v) is 3.72. The molecule has 32 heavy (non-hydrogen) atoms. The van der Waals surface area contributed by atoms with Gasteiger partial charge in [-0.25, -0.2) is 12.1 Å². The van der Waals surface area contributed by atoms with Crippen LogP contribution in [0.25, 0.3) is 11.1 Å². The third-order valence-electron chi connectivity index (χ3n) is 5.52. The molecule has 2 aliphatic rings. The van der Waals surface area contributed by atoms with E-state index in [-0.39, 0.29) is 35.6 Å². The SMILES string of the molecule is CC(C)(C)c1[c-]c2c(cc1)-c1ccc(C(C)(C)C)cc1C2.[Cl-].[Cl-].[Zr+2]=[C]1CC1.c1cc[cH-]c1. The van der Waals surface area contributed by atoms with Gasteiger partial charge in [-0.15, -0.1) is 11.1 Å². The van der Waals surface area contributed by atoms with Crippen LogP contribution in [0.1, 0.15) is 76.6 Å². The number of hydrogen-bond donors (Lipinski definition) is 0. The Hall–Kier alpha value is -0.877. The second-order valence-corrected chi connectivity index (χ2v) is 12.1. The molecular formula is C29H34Cl2Zr-2. The minimum Gasteiger partial charge on any atom is -0.214 e. The van der Waals surface area contributed by atoms with Crippen molar-refractivity contribution in [2.45, 2.75) is 71.6 Å². The maximum Gasteiger partial charge on any atom is -0.172 e. The molecule has 0 heterocycles. The average Bonchev–Trinajstić information content (AvgIpc) is 3.15. The maximum atomic E-state index is 3.67. The van der Waals surface area contributed by atoms with Crippen molar-refractivity contribution in [2.24, 2.45) is 0 Å². The van der Waals surface area contributed by atoms with E-state index >= 15 is 0 Å². The van der Waals surface area contributed by atoms with Gasteiger partial charge in [-0.1, -0.05) is 65.3 Å². The summed E-state index contributed by atoms with van der Waals surface area (Å²) in [6.07, 6.45) is 3.91.